The number of carbonyl (C=O) groups excluding carboxylic acids is 1. The molecule has 0 saturated heterocycles. The topological polar surface area (TPSA) is 38.3 Å². The quantitative estimate of drug-likeness (QED) is 0.840. The van der Waals surface area contributed by atoms with Crippen molar-refractivity contribution < 1.29 is 9.53 Å². The smallest absolute Gasteiger partial charge is 0.159 e. The van der Waals surface area contributed by atoms with Gasteiger partial charge in [0.05, 0.1) is 7.11 Å². The fraction of sp³-hybridized carbons (Fsp3) is 0.188. The molecule has 0 aliphatic carbocycles. The van der Waals surface area contributed by atoms with Crippen molar-refractivity contribution in [2.24, 2.45) is 0 Å². The first-order chi connectivity index (χ1) is 9.61. The molecular formula is C16H16ClNO2. The highest BCUT2D eigenvalue weighted by Gasteiger charge is 2.07. The monoisotopic (exact) mass is 289 g/mol. The van der Waals surface area contributed by atoms with Gasteiger partial charge in [-0.1, -0.05) is 17.7 Å². The summed E-state index contributed by atoms with van der Waals surface area (Å²) in [5, 5.41) is 3.93. The summed E-state index contributed by atoms with van der Waals surface area (Å²) in [4.78, 5) is 11.2. The second-order valence-electron chi connectivity index (χ2n) is 4.41. The van der Waals surface area contributed by atoms with Gasteiger partial charge in [-0.3, -0.25) is 4.79 Å². The molecule has 20 heavy (non-hydrogen) atoms. The van der Waals surface area contributed by atoms with Crippen LogP contribution in [0.25, 0.3) is 0 Å². The van der Waals surface area contributed by atoms with Crippen molar-refractivity contribution in [3.63, 3.8) is 0 Å². The Bertz CT molecular complexity index is 608. The number of halogens is 1. The van der Waals surface area contributed by atoms with E-state index >= 15 is 0 Å². The van der Waals surface area contributed by atoms with Crippen LogP contribution in [0.4, 0.5) is 5.69 Å². The minimum Gasteiger partial charge on any atom is -0.496 e. The van der Waals surface area contributed by atoms with E-state index in [1.807, 2.05) is 30.3 Å². The lowest BCUT2D eigenvalue weighted by Gasteiger charge is -2.12. The summed E-state index contributed by atoms with van der Waals surface area (Å²) in [7, 11) is 1.62. The number of ketones is 1. The van der Waals surface area contributed by atoms with Gasteiger partial charge in [0.25, 0.3) is 0 Å². The highest BCUT2D eigenvalue weighted by atomic mass is 35.5. The standard InChI is InChI=1S/C16H16ClNO2/c1-11(19)12-6-8-13(9-7-12)18-10-14-15(17)4-3-5-16(14)20-2/h3-9,18H,10H2,1-2H3. The molecule has 0 saturated carbocycles. The zero-order valence-electron chi connectivity index (χ0n) is 11.4. The molecule has 0 fully saturated rings. The van der Waals surface area contributed by atoms with Gasteiger partial charge in [0.2, 0.25) is 0 Å². The van der Waals surface area contributed by atoms with Gasteiger partial charge in [-0.15, -0.1) is 0 Å². The Hall–Kier alpha value is -2.00. The first-order valence-corrected chi connectivity index (χ1v) is 6.66. The molecule has 1 N–H and O–H groups in total. The predicted molar refractivity (Wildman–Crippen MR) is 81.8 cm³/mol. The molecule has 2 aromatic carbocycles. The van der Waals surface area contributed by atoms with E-state index in [2.05, 4.69) is 5.32 Å². The number of Topliss-reactive ketones (excluding diaryl/α,β-unsaturated/α-hetero) is 1. The third-order valence-electron chi connectivity index (χ3n) is 3.06. The summed E-state index contributed by atoms with van der Waals surface area (Å²) in [6, 6.07) is 12.9. The molecule has 4 heteroatoms. The van der Waals surface area contributed by atoms with Crippen molar-refractivity contribution in [2.75, 3.05) is 12.4 Å². The number of hydrogen-bond acceptors (Lipinski definition) is 3. The van der Waals surface area contributed by atoms with Crippen molar-refractivity contribution >= 4 is 23.1 Å². The molecule has 0 aromatic heterocycles. The van der Waals surface area contributed by atoms with Crippen LogP contribution in [0, 0.1) is 0 Å². The van der Waals surface area contributed by atoms with Crippen molar-refractivity contribution in [1.82, 2.24) is 0 Å². The van der Waals surface area contributed by atoms with Gasteiger partial charge >= 0.3 is 0 Å². The Morgan fingerprint density at radius 1 is 1.20 bits per heavy atom. The van der Waals surface area contributed by atoms with Gasteiger partial charge in [-0.05, 0) is 43.3 Å². The molecule has 2 aromatic rings. The van der Waals surface area contributed by atoms with Crippen molar-refractivity contribution in [1.29, 1.82) is 0 Å². The molecule has 0 amide bonds. The molecule has 0 atom stereocenters. The molecule has 0 unspecified atom stereocenters. The van der Waals surface area contributed by atoms with E-state index in [1.54, 1.807) is 26.2 Å². The summed E-state index contributed by atoms with van der Waals surface area (Å²) < 4.78 is 5.30. The van der Waals surface area contributed by atoms with Crippen LogP contribution in [0.2, 0.25) is 5.02 Å². The summed E-state index contributed by atoms with van der Waals surface area (Å²) >= 11 is 6.18. The lowest BCUT2D eigenvalue weighted by atomic mass is 10.1. The number of anilines is 1. The lowest BCUT2D eigenvalue weighted by molar-refractivity contribution is 0.101. The minimum absolute atomic E-state index is 0.0596. The van der Waals surface area contributed by atoms with Gasteiger partial charge < -0.3 is 10.1 Å². The average molecular weight is 290 g/mol. The van der Waals surface area contributed by atoms with Gasteiger partial charge in [-0.2, -0.15) is 0 Å². The normalized spacial score (nSPS) is 10.2. The van der Waals surface area contributed by atoms with Crippen LogP contribution in [0.5, 0.6) is 5.75 Å². The zero-order chi connectivity index (χ0) is 14.5. The molecule has 0 aliphatic heterocycles. The number of methoxy groups -OCH3 is 1. The van der Waals surface area contributed by atoms with E-state index in [0.717, 1.165) is 17.0 Å². The van der Waals surface area contributed by atoms with Gasteiger partial charge in [0, 0.05) is 28.4 Å². The molecule has 0 bridgehead atoms. The number of rotatable bonds is 5. The van der Waals surface area contributed by atoms with Crippen molar-refractivity contribution in [3.05, 3.63) is 58.6 Å². The van der Waals surface area contributed by atoms with Gasteiger partial charge in [0.15, 0.2) is 5.78 Å². The Kier molecular flexibility index (Phi) is 4.64. The van der Waals surface area contributed by atoms with Crippen LogP contribution in [0.1, 0.15) is 22.8 Å². The van der Waals surface area contributed by atoms with Crippen LogP contribution < -0.4 is 10.1 Å². The highest BCUT2D eigenvalue weighted by Crippen LogP contribution is 2.27. The molecular weight excluding hydrogens is 274 g/mol. The summed E-state index contributed by atoms with van der Waals surface area (Å²) in [5.74, 6) is 0.815. The Morgan fingerprint density at radius 3 is 2.50 bits per heavy atom. The van der Waals surface area contributed by atoms with Crippen molar-refractivity contribution in [2.45, 2.75) is 13.5 Å². The number of carbonyl (C=O) groups is 1. The predicted octanol–water partition coefficient (Wildman–Crippen LogP) is 4.16. The van der Waals surface area contributed by atoms with E-state index in [0.29, 0.717) is 17.1 Å². The second kappa shape index (κ2) is 6.44. The summed E-state index contributed by atoms with van der Waals surface area (Å²) in [5.41, 5.74) is 2.54. The Labute approximate surface area is 123 Å². The number of benzene rings is 2. The maximum absolute atomic E-state index is 11.2. The van der Waals surface area contributed by atoms with Crippen LogP contribution in [0.15, 0.2) is 42.5 Å². The fourth-order valence-corrected chi connectivity index (χ4v) is 2.15. The average Bonchev–Trinajstić information content (AvgIpc) is 2.46. The van der Waals surface area contributed by atoms with E-state index < -0.39 is 0 Å². The molecule has 0 heterocycles. The number of nitrogens with one attached hydrogen (secondary N) is 1. The van der Waals surface area contributed by atoms with Crippen LogP contribution in [0.3, 0.4) is 0 Å². The Morgan fingerprint density at radius 2 is 1.90 bits per heavy atom. The first-order valence-electron chi connectivity index (χ1n) is 6.28. The van der Waals surface area contributed by atoms with E-state index in [-0.39, 0.29) is 5.78 Å². The van der Waals surface area contributed by atoms with E-state index in [4.69, 9.17) is 16.3 Å². The molecule has 0 aliphatic rings. The lowest BCUT2D eigenvalue weighted by Crippen LogP contribution is -2.03. The van der Waals surface area contributed by atoms with Crippen LogP contribution in [-0.2, 0) is 6.54 Å². The van der Waals surface area contributed by atoms with E-state index in [9.17, 15) is 4.79 Å². The summed E-state index contributed by atoms with van der Waals surface area (Å²) in [6.07, 6.45) is 0. The first kappa shape index (κ1) is 14.4. The van der Waals surface area contributed by atoms with Gasteiger partial charge in [0.1, 0.15) is 5.75 Å². The molecule has 0 spiro atoms. The van der Waals surface area contributed by atoms with Crippen molar-refractivity contribution in [3.8, 4) is 5.75 Å². The molecule has 104 valence electrons. The second-order valence-corrected chi connectivity index (χ2v) is 4.81. The van der Waals surface area contributed by atoms with Crippen LogP contribution >= 0.6 is 11.6 Å². The molecule has 2 rings (SSSR count). The SMILES string of the molecule is COc1cccc(Cl)c1CNc1ccc(C(C)=O)cc1. The maximum atomic E-state index is 11.2. The third-order valence-corrected chi connectivity index (χ3v) is 3.41. The van der Waals surface area contributed by atoms with Crippen LogP contribution in [-0.4, -0.2) is 12.9 Å². The number of ether oxygens (including phenoxy) is 1. The van der Waals surface area contributed by atoms with Gasteiger partial charge in [-0.25, -0.2) is 0 Å². The zero-order valence-corrected chi connectivity index (χ0v) is 12.2. The Balaban J connectivity index is 2.11. The molecule has 0 radical (unpaired) electrons. The maximum Gasteiger partial charge on any atom is 0.159 e. The summed E-state index contributed by atoms with van der Waals surface area (Å²) in [6.45, 7) is 2.11. The van der Waals surface area contributed by atoms with E-state index in [1.165, 1.54) is 0 Å². The third kappa shape index (κ3) is 3.31. The number of hydrogen-bond donors (Lipinski definition) is 1. The fourth-order valence-electron chi connectivity index (χ4n) is 1.91. The highest BCUT2D eigenvalue weighted by molar-refractivity contribution is 6.31. The molecule has 3 nitrogen and oxygen atoms in total. The minimum atomic E-state index is 0.0596. The largest absolute Gasteiger partial charge is 0.496 e.